The lowest BCUT2D eigenvalue weighted by Crippen LogP contribution is -2.21. The van der Waals surface area contributed by atoms with Gasteiger partial charge < -0.3 is 30.3 Å². The zero-order chi connectivity index (χ0) is 24.0. The van der Waals surface area contributed by atoms with E-state index < -0.39 is 30.0 Å². The van der Waals surface area contributed by atoms with Gasteiger partial charge in [0.1, 0.15) is 11.3 Å². The monoisotopic (exact) mass is 450 g/mol. The molecule has 0 aliphatic rings. The number of aryl methyl sites for hydroxylation is 1. The Morgan fingerprint density at radius 1 is 0.879 bits per heavy atom. The highest BCUT2D eigenvalue weighted by Gasteiger charge is 2.18. The second-order valence-corrected chi connectivity index (χ2v) is 6.98. The molecule has 2 amide bonds. The van der Waals surface area contributed by atoms with Crippen LogP contribution in [-0.2, 0) is 9.53 Å². The average molecular weight is 450 g/mol. The van der Waals surface area contributed by atoms with Crippen LogP contribution in [0.25, 0.3) is 0 Å². The van der Waals surface area contributed by atoms with Crippen molar-refractivity contribution in [3.8, 4) is 17.2 Å². The minimum absolute atomic E-state index is 0.253. The van der Waals surface area contributed by atoms with Gasteiger partial charge in [0.05, 0.1) is 12.8 Å². The van der Waals surface area contributed by atoms with Crippen molar-refractivity contribution in [3.05, 3.63) is 77.4 Å². The number of anilines is 2. The maximum atomic E-state index is 12.5. The van der Waals surface area contributed by atoms with Crippen molar-refractivity contribution in [3.63, 3.8) is 0 Å². The summed E-state index contributed by atoms with van der Waals surface area (Å²) in [5.41, 5.74) is 1.41. The maximum absolute atomic E-state index is 12.5. The van der Waals surface area contributed by atoms with E-state index in [1.54, 1.807) is 31.2 Å². The summed E-state index contributed by atoms with van der Waals surface area (Å²) < 4.78 is 10.1. The molecule has 0 radical (unpaired) electrons. The van der Waals surface area contributed by atoms with Gasteiger partial charge in [-0.2, -0.15) is 0 Å². The fourth-order valence-electron chi connectivity index (χ4n) is 2.90. The molecule has 0 heterocycles. The number of ether oxygens (including phenoxy) is 2. The van der Waals surface area contributed by atoms with Crippen LogP contribution >= 0.6 is 0 Å². The number of para-hydroxylation sites is 2. The number of rotatable bonds is 7. The summed E-state index contributed by atoms with van der Waals surface area (Å²) in [6.45, 7) is 0.952. The number of benzene rings is 3. The largest absolute Gasteiger partial charge is 0.504 e. The third-order valence-corrected chi connectivity index (χ3v) is 4.69. The highest BCUT2D eigenvalue weighted by molar-refractivity contribution is 6.05. The zero-order valence-corrected chi connectivity index (χ0v) is 17.9. The van der Waals surface area contributed by atoms with E-state index in [4.69, 9.17) is 9.47 Å². The first-order chi connectivity index (χ1) is 15.8. The molecule has 9 nitrogen and oxygen atoms in total. The molecule has 3 aromatic rings. The predicted octanol–water partition coefficient (Wildman–Crippen LogP) is 3.46. The molecular formula is C24H22N2O7. The second kappa shape index (κ2) is 10.2. The zero-order valence-electron chi connectivity index (χ0n) is 17.9. The van der Waals surface area contributed by atoms with Gasteiger partial charge in [0, 0.05) is 11.3 Å². The number of nitrogens with one attached hydrogen (secondary N) is 2. The number of hydrogen-bond acceptors (Lipinski definition) is 7. The van der Waals surface area contributed by atoms with Gasteiger partial charge >= 0.3 is 5.97 Å². The van der Waals surface area contributed by atoms with Crippen molar-refractivity contribution in [2.24, 2.45) is 0 Å². The quantitative estimate of drug-likeness (QED) is 0.320. The molecular weight excluding hydrogens is 428 g/mol. The molecule has 0 unspecified atom stereocenters. The number of methoxy groups -OCH3 is 1. The molecule has 170 valence electrons. The Kier molecular flexibility index (Phi) is 7.14. The van der Waals surface area contributed by atoms with E-state index in [1.165, 1.54) is 43.5 Å². The van der Waals surface area contributed by atoms with Crippen LogP contribution in [0.2, 0.25) is 0 Å². The molecule has 0 aliphatic heterocycles. The number of amides is 2. The average Bonchev–Trinajstić information content (AvgIpc) is 2.82. The Hall–Kier alpha value is -4.53. The number of carbonyl (C=O) groups is 3. The third kappa shape index (κ3) is 5.59. The normalized spacial score (nSPS) is 10.2. The van der Waals surface area contributed by atoms with Crippen LogP contribution < -0.4 is 15.4 Å². The Labute approximate surface area is 189 Å². The first kappa shape index (κ1) is 23.1. The summed E-state index contributed by atoms with van der Waals surface area (Å²) in [4.78, 5) is 36.6. The number of hydrogen-bond donors (Lipinski definition) is 4. The van der Waals surface area contributed by atoms with Crippen LogP contribution in [0.4, 0.5) is 11.4 Å². The number of esters is 1. The minimum Gasteiger partial charge on any atom is -0.504 e. The summed E-state index contributed by atoms with van der Waals surface area (Å²) >= 11 is 0. The Bertz CT molecular complexity index is 1190. The van der Waals surface area contributed by atoms with Crippen LogP contribution in [-0.4, -0.2) is 41.7 Å². The Morgan fingerprint density at radius 2 is 1.58 bits per heavy atom. The summed E-state index contributed by atoms with van der Waals surface area (Å²) in [6, 6.07) is 15.8. The lowest BCUT2D eigenvalue weighted by atomic mass is 10.1. The van der Waals surface area contributed by atoms with Crippen molar-refractivity contribution >= 4 is 29.2 Å². The minimum atomic E-state index is -0.957. The topological polar surface area (TPSA) is 134 Å². The van der Waals surface area contributed by atoms with Crippen LogP contribution in [0.5, 0.6) is 17.2 Å². The maximum Gasteiger partial charge on any atom is 0.342 e. The lowest BCUT2D eigenvalue weighted by Gasteiger charge is -2.11. The fraction of sp³-hybridized carbons (Fsp3) is 0.125. The Balaban J connectivity index is 1.55. The van der Waals surface area contributed by atoms with Gasteiger partial charge in [-0.25, -0.2) is 4.79 Å². The number of phenols is 2. The molecule has 0 bridgehead atoms. The molecule has 0 spiro atoms. The highest BCUT2D eigenvalue weighted by atomic mass is 16.5. The van der Waals surface area contributed by atoms with Crippen molar-refractivity contribution < 1.29 is 34.1 Å². The molecule has 0 saturated heterocycles. The standard InChI is InChI=1S/C24H22N2O7/c1-14-7-12-17(22(29)21(14)28)24(31)33-13-20(27)25-16-10-8-15(9-11-16)23(30)26-18-5-3-4-6-19(18)32-2/h3-12,28-29H,13H2,1-2H3,(H,25,27)(H,26,30). The SMILES string of the molecule is COc1ccccc1NC(=O)c1ccc(NC(=O)COC(=O)c2ccc(C)c(O)c2O)cc1. The third-order valence-electron chi connectivity index (χ3n) is 4.69. The van der Waals surface area contributed by atoms with Crippen molar-refractivity contribution in [1.82, 2.24) is 0 Å². The molecule has 4 N–H and O–H groups in total. The fourth-order valence-corrected chi connectivity index (χ4v) is 2.90. The number of carbonyl (C=O) groups excluding carboxylic acids is 3. The van der Waals surface area contributed by atoms with Gasteiger partial charge in [-0.15, -0.1) is 0 Å². The van der Waals surface area contributed by atoms with Gasteiger partial charge in [-0.1, -0.05) is 18.2 Å². The van der Waals surface area contributed by atoms with E-state index in [9.17, 15) is 24.6 Å². The molecule has 3 rings (SSSR count). The summed E-state index contributed by atoms with van der Waals surface area (Å²) in [5.74, 6) is -2.44. The van der Waals surface area contributed by atoms with E-state index in [0.717, 1.165) is 0 Å². The van der Waals surface area contributed by atoms with Crippen molar-refractivity contribution in [2.75, 3.05) is 24.4 Å². The van der Waals surface area contributed by atoms with Crippen LogP contribution in [0.3, 0.4) is 0 Å². The summed E-state index contributed by atoms with van der Waals surface area (Å²) in [7, 11) is 1.51. The van der Waals surface area contributed by atoms with Gasteiger partial charge in [-0.3, -0.25) is 9.59 Å². The second-order valence-electron chi connectivity index (χ2n) is 6.98. The smallest absolute Gasteiger partial charge is 0.342 e. The van der Waals surface area contributed by atoms with Crippen molar-refractivity contribution in [1.29, 1.82) is 0 Å². The van der Waals surface area contributed by atoms with Gasteiger partial charge in [0.2, 0.25) is 0 Å². The van der Waals surface area contributed by atoms with E-state index >= 15 is 0 Å². The first-order valence-corrected chi connectivity index (χ1v) is 9.83. The van der Waals surface area contributed by atoms with Gasteiger partial charge in [0.15, 0.2) is 18.1 Å². The lowest BCUT2D eigenvalue weighted by molar-refractivity contribution is -0.119. The molecule has 0 saturated carbocycles. The number of phenolic OH excluding ortho intramolecular Hbond substituents is 2. The summed E-state index contributed by atoms with van der Waals surface area (Å²) in [6.07, 6.45) is 0. The Morgan fingerprint density at radius 3 is 2.27 bits per heavy atom. The van der Waals surface area contributed by atoms with E-state index in [2.05, 4.69) is 10.6 Å². The molecule has 3 aromatic carbocycles. The van der Waals surface area contributed by atoms with Crippen LogP contribution in [0, 0.1) is 6.92 Å². The molecule has 9 heteroatoms. The molecule has 0 atom stereocenters. The number of aromatic hydroxyl groups is 2. The van der Waals surface area contributed by atoms with Crippen LogP contribution in [0.15, 0.2) is 60.7 Å². The van der Waals surface area contributed by atoms with E-state index in [1.807, 2.05) is 0 Å². The summed E-state index contributed by atoms with van der Waals surface area (Å²) in [5, 5.41) is 24.8. The van der Waals surface area contributed by atoms with Gasteiger partial charge in [-0.05, 0) is 55.0 Å². The van der Waals surface area contributed by atoms with E-state index in [-0.39, 0.29) is 11.5 Å². The molecule has 0 fully saturated rings. The highest BCUT2D eigenvalue weighted by Crippen LogP contribution is 2.32. The van der Waals surface area contributed by atoms with Crippen LogP contribution in [0.1, 0.15) is 26.3 Å². The molecule has 0 aromatic heterocycles. The first-order valence-electron chi connectivity index (χ1n) is 9.83. The predicted molar refractivity (Wildman–Crippen MR) is 121 cm³/mol. The molecule has 0 aliphatic carbocycles. The van der Waals surface area contributed by atoms with Crippen molar-refractivity contribution in [2.45, 2.75) is 6.92 Å². The van der Waals surface area contributed by atoms with Gasteiger partial charge in [0.25, 0.3) is 11.8 Å². The van der Waals surface area contributed by atoms with E-state index in [0.29, 0.717) is 28.3 Å². The molecule has 33 heavy (non-hydrogen) atoms.